The first-order chi connectivity index (χ1) is 9.74. The van der Waals surface area contributed by atoms with Crippen LogP contribution in [0.25, 0.3) is 0 Å². The molecule has 0 unspecified atom stereocenters. The van der Waals surface area contributed by atoms with Crippen molar-refractivity contribution in [2.45, 2.75) is 31.7 Å². The van der Waals surface area contributed by atoms with Crippen LogP contribution in [0.1, 0.15) is 36.0 Å². The predicted octanol–water partition coefficient (Wildman–Crippen LogP) is 1.39. The van der Waals surface area contributed by atoms with Crippen LogP contribution in [0, 0.1) is 5.92 Å². The molecule has 5 heteroatoms. The molecule has 1 aliphatic heterocycles. The molecule has 2 N–H and O–H groups in total. The molecule has 2 fully saturated rings. The van der Waals surface area contributed by atoms with E-state index in [9.17, 15) is 9.90 Å². The lowest BCUT2D eigenvalue weighted by Crippen LogP contribution is -2.45. The molecule has 1 aromatic rings. The monoisotopic (exact) mass is 275 g/mol. The molecule has 0 radical (unpaired) electrons. The van der Waals surface area contributed by atoms with Crippen molar-refractivity contribution in [2.75, 3.05) is 19.6 Å². The van der Waals surface area contributed by atoms with Crippen molar-refractivity contribution in [3.63, 3.8) is 0 Å². The van der Waals surface area contributed by atoms with E-state index in [4.69, 9.17) is 0 Å². The van der Waals surface area contributed by atoms with E-state index in [1.807, 2.05) is 4.90 Å². The number of piperidine rings is 1. The third-order valence-electron chi connectivity index (χ3n) is 4.20. The van der Waals surface area contributed by atoms with Gasteiger partial charge in [0.15, 0.2) is 0 Å². The molecule has 0 aromatic carbocycles. The van der Waals surface area contributed by atoms with E-state index in [0.29, 0.717) is 11.6 Å². The van der Waals surface area contributed by atoms with Crippen molar-refractivity contribution in [1.82, 2.24) is 15.2 Å². The fourth-order valence-corrected chi connectivity index (χ4v) is 2.68. The van der Waals surface area contributed by atoms with Gasteiger partial charge in [-0.05, 0) is 44.2 Å². The summed E-state index contributed by atoms with van der Waals surface area (Å²) in [6.07, 6.45) is 7.57. The molecule has 1 aromatic heterocycles. The number of nitrogens with zero attached hydrogens (tertiary/aromatic N) is 2. The summed E-state index contributed by atoms with van der Waals surface area (Å²) in [6.45, 7) is 2.63. The number of likely N-dealkylation sites (tertiary alicyclic amines) is 1. The van der Waals surface area contributed by atoms with Gasteiger partial charge in [-0.3, -0.25) is 9.78 Å². The summed E-state index contributed by atoms with van der Waals surface area (Å²) in [7, 11) is 0. The highest BCUT2D eigenvalue weighted by atomic mass is 16.3. The standard InChI is InChI=1S/C15H21N3O2/c19-14-10-16-6-3-13(14)15(20)18-7-4-12(5-8-18)17-9-11-1-2-11/h3,6,10-12,17,19H,1-2,4-5,7-9H2. The third-order valence-corrected chi connectivity index (χ3v) is 4.20. The summed E-state index contributed by atoms with van der Waals surface area (Å²) >= 11 is 0. The number of pyridine rings is 1. The van der Waals surface area contributed by atoms with E-state index in [1.54, 1.807) is 6.07 Å². The Morgan fingerprint density at radius 3 is 2.75 bits per heavy atom. The lowest BCUT2D eigenvalue weighted by Gasteiger charge is -2.32. The van der Waals surface area contributed by atoms with Gasteiger partial charge in [-0.15, -0.1) is 0 Å². The molecule has 2 aliphatic rings. The van der Waals surface area contributed by atoms with Gasteiger partial charge in [-0.2, -0.15) is 0 Å². The average molecular weight is 275 g/mol. The molecule has 20 heavy (non-hydrogen) atoms. The van der Waals surface area contributed by atoms with Crippen LogP contribution >= 0.6 is 0 Å². The first-order valence-corrected chi connectivity index (χ1v) is 7.39. The van der Waals surface area contributed by atoms with Gasteiger partial charge in [-0.25, -0.2) is 0 Å². The Morgan fingerprint density at radius 1 is 1.35 bits per heavy atom. The minimum absolute atomic E-state index is 0.0357. The van der Waals surface area contributed by atoms with E-state index in [1.165, 1.54) is 25.2 Å². The highest BCUT2D eigenvalue weighted by Gasteiger charge is 2.27. The average Bonchev–Trinajstić information content (AvgIpc) is 3.30. The van der Waals surface area contributed by atoms with Crippen LogP contribution in [0.15, 0.2) is 18.5 Å². The van der Waals surface area contributed by atoms with E-state index in [2.05, 4.69) is 10.3 Å². The number of carbonyl (C=O) groups excluding carboxylic acids is 1. The zero-order chi connectivity index (χ0) is 13.9. The molecule has 1 saturated heterocycles. The Bertz CT molecular complexity index is 480. The quantitative estimate of drug-likeness (QED) is 0.871. The summed E-state index contributed by atoms with van der Waals surface area (Å²) in [5.41, 5.74) is 0.351. The van der Waals surface area contributed by atoms with E-state index < -0.39 is 0 Å². The topological polar surface area (TPSA) is 65.5 Å². The Hall–Kier alpha value is -1.62. The summed E-state index contributed by atoms with van der Waals surface area (Å²) in [6, 6.07) is 2.11. The van der Waals surface area contributed by atoms with Gasteiger partial charge in [0.25, 0.3) is 5.91 Å². The summed E-state index contributed by atoms with van der Waals surface area (Å²) in [5, 5.41) is 13.3. The van der Waals surface area contributed by atoms with Gasteiger partial charge < -0.3 is 15.3 Å². The molecule has 0 atom stereocenters. The van der Waals surface area contributed by atoms with Crippen molar-refractivity contribution < 1.29 is 9.90 Å². The van der Waals surface area contributed by atoms with Crippen molar-refractivity contribution in [3.8, 4) is 5.75 Å². The fraction of sp³-hybridized carbons (Fsp3) is 0.600. The van der Waals surface area contributed by atoms with E-state index >= 15 is 0 Å². The van der Waals surface area contributed by atoms with Crippen LogP contribution in [-0.4, -0.2) is 46.6 Å². The Labute approximate surface area is 119 Å². The maximum Gasteiger partial charge on any atom is 0.257 e. The number of hydrogen-bond acceptors (Lipinski definition) is 4. The first kappa shape index (κ1) is 13.4. The number of aromatic hydroxyl groups is 1. The highest BCUT2D eigenvalue weighted by Crippen LogP contribution is 2.28. The van der Waals surface area contributed by atoms with Crippen LogP contribution < -0.4 is 5.32 Å². The van der Waals surface area contributed by atoms with Crippen molar-refractivity contribution in [3.05, 3.63) is 24.0 Å². The van der Waals surface area contributed by atoms with Crippen molar-refractivity contribution in [1.29, 1.82) is 0 Å². The zero-order valence-electron chi connectivity index (χ0n) is 11.6. The van der Waals surface area contributed by atoms with Gasteiger partial charge in [-0.1, -0.05) is 0 Å². The Kier molecular flexibility index (Phi) is 3.87. The largest absolute Gasteiger partial charge is 0.505 e. The lowest BCUT2D eigenvalue weighted by molar-refractivity contribution is 0.0702. The summed E-state index contributed by atoms with van der Waals surface area (Å²) in [4.78, 5) is 17.9. The second-order valence-corrected chi connectivity index (χ2v) is 5.81. The van der Waals surface area contributed by atoms with Crippen LogP contribution in [0.4, 0.5) is 0 Å². The first-order valence-electron chi connectivity index (χ1n) is 7.39. The Balaban J connectivity index is 1.52. The smallest absolute Gasteiger partial charge is 0.257 e. The number of hydrogen-bond donors (Lipinski definition) is 2. The van der Waals surface area contributed by atoms with E-state index in [0.717, 1.165) is 38.4 Å². The second kappa shape index (κ2) is 5.79. The van der Waals surface area contributed by atoms with Gasteiger partial charge in [0.1, 0.15) is 5.75 Å². The lowest BCUT2D eigenvalue weighted by atomic mass is 10.0. The number of rotatable bonds is 4. The molecular formula is C15H21N3O2. The second-order valence-electron chi connectivity index (χ2n) is 5.81. The van der Waals surface area contributed by atoms with Crippen LogP contribution in [-0.2, 0) is 0 Å². The molecule has 5 nitrogen and oxygen atoms in total. The highest BCUT2D eigenvalue weighted by molar-refractivity contribution is 5.96. The predicted molar refractivity (Wildman–Crippen MR) is 75.6 cm³/mol. The molecule has 0 bridgehead atoms. The number of carbonyl (C=O) groups is 1. The van der Waals surface area contributed by atoms with Crippen molar-refractivity contribution in [2.24, 2.45) is 5.92 Å². The zero-order valence-corrected chi connectivity index (χ0v) is 11.6. The summed E-state index contributed by atoms with van der Waals surface area (Å²) < 4.78 is 0. The maximum absolute atomic E-state index is 12.3. The van der Waals surface area contributed by atoms with Crippen LogP contribution in [0.5, 0.6) is 5.75 Å². The van der Waals surface area contributed by atoms with Gasteiger partial charge >= 0.3 is 0 Å². The molecule has 0 spiro atoms. The molecule has 2 heterocycles. The molecule has 108 valence electrons. The number of amides is 1. The maximum atomic E-state index is 12.3. The fourth-order valence-electron chi connectivity index (χ4n) is 2.68. The third kappa shape index (κ3) is 3.10. The Morgan fingerprint density at radius 2 is 2.10 bits per heavy atom. The normalized spacial score (nSPS) is 20.1. The minimum Gasteiger partial charge on any atom is -0.505 e. The minimum atomic E-state index is -0.0921. The number of aromatic nitrogens is 1. The van der Waals surface area contributed by atoms with Crippen molar-refractivity contribution >= 4 is 5.91 Å². The van der Waals surface area contributed by atoms with Gasteiger partial charge in [0.05, 0.1) is 11.8 Å². The van der Waals surface area contributed by atoms with Crippen LogP contribution in [0.3, 0.4) is 0 Å². The molecule has 3 rings (SSSR count). The molecule has 1 aliphatic carbocycles. The van der Waals surface area contributed by atoms with Gasteiger partial charge in [0.2, 0.25) is 0 Å². The molecule has 1 saturated carbocycles. The molecular weight excluding hydrogens is 254 g/mol. The SMILES string of the molecule is O=C(c1ccncc1O)N1CCC(NCC2CC2)CC1. The summed E-state index contributed by atoms with van der Waals surface area (Å²) in [5.74, 6) is 0.764. The molecule has 1 amide bonds. The number of nitrogens with one attached hydrogen (secondary N) is 1. The van der Waals surface area contributed by atoms with Gasteiger partial charge in [0, 0.05) is 25.3 Å². The van der Waals surface area contributed by atoms with E-state index in [-0.39, 0.29) is 11.7 Å². The van der Waals surface area contributed by atoms with Crippen LogP contribution in [0.2, 0.25) is 0 Å².